The molecule has 0 aromatic heterocycles. The molecule has 10 nitrogen and oxygen atoms in total. The van der Waals surface area contributed by atoms with Crippen molar-refractivity contribution in [1.82, 2.24) is 4.90 Å². The molecule has 0 unspecified atom stereocenters. The van der Waals surface area contributed by atoms with E-state index in [1.165, 1.54) is 4.90 Å². The van der Waals surface area contributed by atoms with Crippen LogP contribution in [0.1, 0.15) is 22.3 Å². The molecule has 2 aromatic rings. The molecular formula is C21H25N5O5. The number of nitrogens with zero attached hydrogens (tertiary/aromatic N) is 3. The lowest BCUT2D eigenvalue weighted by Crippen LogP contribution is -2.34. The monoisotopic (exact) mass is 427 g/mol. The molecule has 0 spiro atoms. The molecule has 0 amide bonds. The van der Waals surface area contributed by atoms with Gasteiger partial charge in [0.05, 0.1) is 13.1 Å². The highest BCUT2D eigenvalue weighted by Crippen LogP contribution is 2.24. The van der Waals surface area contributed by atoms with E-state index in [9.17, 15) is 9.59 Å². The van der Waals surface area contributed by atoms with Crippen LogP contribution in [-0.4, -0.2) is 52.3 Å². The maximum Gasteiger partial charge on any atom is 0.317 e. The smallest absolute Gasteiger partial charge is 0.317 e. The van der Waals surface area contributed by atoms with Crippen molar-refractivity contribution in [3.8, 4) is 5.75 Å². The largest absolute Gasteiger partial charge is 0.489 e. The van der Waals surface area contributed by atoms with Crippen molar-refractivity contribution < 1.29 is 24.5 Å². The number of carboxylic acid groups (broad SMARTS) is 2. The van der Waals surface area contributed by atoms with Crippen LogP contribution in [0.5, 0.6) is 5.75 Å². The van der Waals surface area contributed by atoms with Gasteiger partial charge in [0.1, 0.15) is 18.7 Å². The molecule has 0 fully saturated rings. The summed E-state index contributed by atoms with van der Waals surface area (Å²) in [5, 5.41) is 25.5. The van der Waals surface area contributed by atoms with Crippen molar-refractivity contribution >= 4 is 24.1 Å². The Kier molecular flexibility index (Phi) is 8.52. The van der Waals surface area contributed by atoms with Crippen LogP contribution in [0.2, 0.25) is 0 Å². The first-order valence-electron chi connectivity index (χ1n) is 9.32. The van der Waals surface area contributed by atoms with Crippen molar-refractivity contribution in [3.63, 3.8) is 0 Å². The molecule has 0 bridgehead atoms. The van der Waals surface area contributed by atoms with Gasteiger partial charge in [-0.15, -0.1) is 10.2 Å². The van der Waals surface area contributed by atoms with Crippen LogP contribution >= 0.6 is 0 Å². The molecule has 2 aromatic carbocycles. The Hall–Kier alpha value is -3.92. The first-order valence-corrected chi connectivity index (χ1v) is 9.32. The molecular weight excluding hydrogens is 402 g/mol. The normalized spacial score (nSPS) is 11.7. The van der Waals surface area contributed by atoms with Gasteiger partial charge in [-0.1, -0.05) is 42.0 Å². The zero-order chi connectivity index (χ0) is 22.8. The average Bonchev–Trinajstić information content (AvgIpc) is 2.71. The summed E-state index contributed by atoms with van der Waals surface area (Å²) in [7, 11) is 0. The van der Waals surface area contributed by atoms with Gasteiger partial charge in [0.2, 0.25) is 0 Å². The third-order valence-electron chi connectivity index (χ3n) is 4.22. The molecule has 0 aliphatic carbocycles. The average molecular weight is 427 g/mol. The summed E-state index contributed by atoms with van der Waals surface area (Å²) in [6.07, 6.45) is 1.01. The number of hydrogen-bond acceptors (Lipinski definition) is 6. The quantitative estimate of drug-likeness (QED) is 0.236. The van der Waals surface area contributed by atoms with E-state index in [2.05, 4.69) is 10.2 Å². The summed E-state index contributed by atoms with van der Waals surface area (Å²) in [4.78, 5) is 23.5. The summed E-state index contributed by atoms with van der Waals surface area (Å²) in [5.41, 5.74) is 14.3. The fraction of sp³-hybridized carbons (Fsp3) is 0.238. The third kappa shape index (κ3) is 7.78. The van der Waals surface area contributed by atoms with Gasteiger partial charge in [-0.2, -0.15) is 0 Å². The number of hydrogen-bond donors (Lipinski definition) is 4. The Labute approximate surface area is 179 Å². The van der Waals surface area contributed by atoms with E-state index in [-0.39, 0.29) is 19.0 Å². The van der Waals surface area contributed by atoms with Crippen molar-refractivity contribution in [3.05, 3.63) is 64.7 Å². The summed E-state index contributed by atoms with van der Waals surface area (Å²) < 4.78 is 5.97. The minimum Gasteiger partial charge on any atom is -0.489 e. The SMILES string of the molecule is Cc1ccc(COc2cc(/C(N)=N/N=C\N)ccc2CN(CC(=O)O)CC(=O)O)cc1. The molecule has 0 atom stereocenters. The van der Waals surface area contributed by atoms with Crippen LogP contribution in [0.25, 0.3) is 0 Å². The molecule has 0 radical (unpaired) electrons. The van der Waals surface area contributed by atoms with Crippen molar-refractivity contribution in [2.45, 2.75) is 20.1 Å². The fourth-order valence-electron chi connectivity index (χ4n) is 2.77. The number of ether oxygens (including phenoxy) is 1. The molecule has 0 saturated carbocycles. The third-order valence-corrected chi connectivity index (χ3v) is 4.22. The lowest BCUT2D eigenvalue weighted by Gasteiger charge is -2.20. The zero-order valence-corrected chi connectivity index (χ0v) is 17.1. The van der Waals surface area contributed by atoms with Gasteiger partial charge in [0.25, 0.3) is 0 Å². The molecule has 6 N–H and O–H groups in total. The zero-order valence-electron chi connectivity index (χ0n) is 17.1. The Morgan fingerprint density at radius 1 is 1.10 bits per heavy atom. The van der Waals surface area contributed by atoms with Crippen molar-refractivity contribution in [1.29, 1.82) is 0 Å². The maximum atomic E-state index is 11.1. The standard InChI is InChI=1S/C21H25N5O5/c1-14-2-4-15(5-3-14)12-31-18-8-16(21(23)25-24-13-22)6-7-17(18)9-26(10-19(27)28)11-20(29)30/h2-8,13H,9-12H2,1H3,(H2,22,24)(H2,23,25)(H,27,28)(H,29,30). The second-order valence-corrected chi connectivity index (χ2v) is 6.78. The van der Waals surface area contributed by atoms with Crippen LogP contribution in [0.15, 0.2) is 52.7 Å². The molecule has 0 aliphatic rings. The molecule has 164 valence electrons. The van der Waals surface area contributed by atoms with E-state index in [1.807, 2.05) is 31.2 Å². The minimum atomic E-state index is -1.13. The van der Waals surface area contributed by atoms with Gasteiger partial charge in [-0.3, -0.25) is 14.5 Å². The van der Waals surface area contributed by atoms with Gasteiger partial charge in [0.15, 0.2) is 5.84 Å². The van der Waals surface area contributed by atoms with Gasteiger partial charge in [-0.25, -0.2) is 0 Å². The van der Waals surface area contributed by atoms with E-state index in [0.717, 1.165) is 17.5 Å². The number of benzene rings is 2. The Morgan fingerprint density at radius 3 is 2.32 bits per heavy atom. The molecule has 2 rings (SSSR count). The number of aryl methyl sites for hydroxylation is 1. The van der Waals surface area contributed by atoms with Gasteiger partial charge in [0, 0.05) is 17.7 Å². The number of carboxylic acids is 2. The molecule has 0 saturated heterocycles. The molecule has 31 heavy (non-hydrogen) atoms. The minimum absolute atomic E-state index is 0.0557. The highest BCUT2D eigenvalue weighted by atomic mass is 16.5. The summed E-state index contributed by atoms with van der Waals surface area (Å²) in [6, 6.07) is 12.8. The van der Waals surface area contributed by atoms with E-state index >= 15 is 0 Å². The van der Waals surface area contributed by atoms with Crippen LogP contribution in [0.4, 0.5) is 0 Å². The lowest BCUT2D eigenvalue weighted by atomic mass is 10.1. The van der Waals surface area contributed by atoms with Crippen LogP contribution in [-0.2, 0) is 22.7 Å². The van der Waals surface area contributed by atoms with E-state index < -0.39 is 25.0 Å². The number of nitrogens with two attached hydrogens (primary N) is 2. The highest BCUT2D eigenvalue weighted by molar-refractivity contribution is 5.98. The second kappa shape index (κ2) is 11.3. The fourth-order valence-corrected chi connectivity index (χ4v) is 2.77. The van der Waals surface area contributed by atoms with Crippen LogP contribution < -0.4 is 16.2 Å². The first kappa shape index (κ1) is 23.4. The predicted molar refractivity (Wildman–Crippen MR) is 116 cm³/mol. The van der Waals surface area contributed by atoms with Gasteiger partial charge >= 0.3 is 11.9 Å². The topological polar surface area (TPSA) is 164 Å². The Morgan fingerprint density at radius 2 is 1.74 bits per heavy atom. The van der Waals surface area contributed by atoms with Crippen molar-refractivity contribution in [2.24, 2.45) is 21.7 Å². The van der Waals surface area contributed by atoms with E-state index in [1.54, 1.807) is 18.2 Å². The first-order chi connectivity index (χ1) is 14.8. The summed E-state index contributed by atoms with van der Waals surface area (Å²) in [5.74, 6) is -1.72. The highest BCUT2D eigenvalue weighted by Gasteiger charge is 2.17. The number of rotatable bonds is 11. The molecule has 0 heterocycles. The summed E-state index contributed by atoms with van der Waals surface area (Å²) in [6.45, 7) is 1.44. The van der Waals surface area contributed by atoms with E-state index in [4.69, 9.17) is 26.4 Å². The van der Waals surface area contributed by atoms with Crippen LogP contribution in [0.3, 0.4) is 0 Å². The van der Waals surface area contributed by atoms with Gasteiger partial charge in [-0.05, 0) is 18.6 Å². The molecule has 0 aliphatic heterocycles. The number of carbonyl (C=O) groups is 2. The Balaban J connectivity index is 2.33. The summed E-state index contributed by atoms with van der Waals surface area (Å²) >= 11 is 0. The van der Waals surface area contributed by atoms with Gasteiger partial charge < -0.3 is 26.4 Å². The number of aliphatic carboxylic acids is 2. The van der Waals surface area contributed by atoms with Crippen LogP contribution in [0, 0.1) is 6.92 Å². The predicted octanol–water partition coefficient (Wildman–Crippen LogP) is 1.15. The van der Waals surface area contributed by atoms with E-state index in [0.29, 0.717) is 16.9 Å². The second-order valence-electron chi connectivity index (χ2n) is 6.78. The maximum absolute atomic E-state index is 11.1. The number of amidine groups is 1. The lowest BCUT2D eigenvalue weighted by molar-refractivity contribution is -0.142. The molecule has 10 heteroatoms. The Bertz CT molecular complexity index is 957. The van der Waals surface area contributed by atoms with Crippen molar-refractivity contribution in [2.75, 3.05) is 13.1 Å².